The second-order valence-electron chi connectivity index (χ2n) is 8.90. The normalized spacial score (nSPS) is 12.4. The molecule has 1 N–H and O–H groups in total. The maximum atomic E-state index is 14.7. The van der Waals surface area contributed by atoms with Gasteiger partial charge in [0.25, 0.3) is 0 Å². The van der Waals surface area contributed by atoms with Crippen LogP contribution in [0, 0.1) is 18.6 Å². The summed E-state index contributed by atoms with van der Waals surface area (Å²) in [7, 11) is -1.78. The molecule has 1 aromatic carbocycles. The third-order valence-corrected chi connectivity index (χ3v) is 7.66. The van der Waals surface area contributed by atoms with E-state index in [1.807, 2.05) is 32.7 Å². The summed E-state index contributed by atoms with van der Waals surface area (Å²) in [6.07, 6.45) is 0. The number of sulfone groups is 1. The van der Waals surface area contributed by atoms with E-state index in [0.29, 0.717) is 17.1 Å². The Morgan fingerprint density at radius 2 is 1.73 bits per heavy atom. The van der Waals surface area contributed by atoms with E-state index in [0.717, 1.165) is 12.1 Å². The highest BCUT2D eigenvalue weighted by Gasteiger charge is 2.23. The van der Waals surface area contributed by atoms with Crippen molar-refractivity contribution in [3.63, 3.8) is 0 Å². The highest BCUT2D eigenvalue weighted by atomic mass is 32.2. The zero-order chi connectivity index (χ0) is 24.4. The molecule has 33 heavy (non-hydrogen) atoms. The molecule has 0 aliphatic carbocycles. The quantitative estimate of drug-likeness (QED) is 0.478. The van der Waals surface area contributed by atoms with Crippen molar-refractivity contribution in [2.24, 2.45) is 0 Å². The van der Waals surface area contributed by atoms with E-state index in [-0.39, 0.29) is 40.5 Å². The van der Waals surface area contributed by atoms with E-state index >= 15 is 0 Å². The Kier molecular flexibility index (Phi) is 7.50. The molecular formula is C23H28F2N4O2S2. The molecule has 0 fully saturated rings. The highest BCUT2D eigenvalue weighted by Crippen LogP contribution is 2.25. The summed E-state index contributed by atoms with van der Waals surface area (Å²) < 4.78 is 58.6. The summed E-state index contributed by atoms with van der Waals surface area (Å²) in [5, 5.41) is 4.75. The number of rotatable bonds is 8. The van der Waals surface area contributed by atoms with Gasteiger partial charge in [0.15, 0.2) is 5.03 Å². The minimum Gasteiger partial charge on any atom is -0.379 e. The zero-order valence-corrected chi connectivity index (χ0v) is 20.9. The molecule has 178 valence electrons. The van der Waals surface area contributed by atoms with Gasteiger partial charge >= 0.3 is 0 Å². The molecule has 0 atom stereocenters. The second kappa shape index (κ2) is 9.82. The van der Waals surface area contributed by atoms with Crippen LogP contribution in [0.15, 0.2) is 40.7 Å². The fourth-order valence-corrected chi connectivity index (χ4v) is 5.01. The number of halogens is 2. The SMILES string of the molecule is Cc1nc(S(=O)(=O)Cc2ccsn2)ccc1NCc1c(F)ccc(F)c1CN(C)C(C)(C)C. The van der Waals surface area contributed by atoms with Crippen LogP contribution in [-0.4, -0.2) is 35.3 Å². The fourth-order valence-electron chi connectivity index (χ4n) is 3.13. The van der Waals surface area contributed by atoms with Gasteiger partial charge in [0.2, 0.25) is 9.84 Å². The second-order valence-corrected chi connectivity index (χ2v) is 11.5. The molecule has 0 spiro atoms. The van der Waals surface area contributed by atoms with Crippen molar-refractivity contribution in [2.75, 3.05) is 12.4 Å². The lowest BCUT2D eigenvalue weighted by molar-refractivity contribution is 0.165. The van der Waals surface area contributed by atoms with Gasteiger partial charge in [-0.1, -0.05) is 0 Å². The predicted molar refractivity (Wildman–Crippen MR) is 127 cm³/mol. The minimum absolute atomic E-state index is 0.0321. The number of pyridine rings is 1. The maximum Gasteiger partial charge on any atom is 0.201 e. The monoisotopic (exact) mass is 494 g/mol. The van der Waals surface area contributed by atoms with Crippen LogP contribution < -0.4 is 5.32 Å². The largest absolute Gasteiger partial charge is 0.379 e. The molecule has 0 bridgehead atoms. The molecule has 0 aliphatic heterocycles. The first-order chi connectivity index (χ1) is 15.4. The lowest BCUT2D eigenvalue weighted by Crippen LogP contribution is -2.38. The number of nitrogens with one attached hydrogen (secondary N) is 1. The van der Waals surface area contributed by atoms with Crippen molar-refractivity contribution in [2.45, 2.75) is 57.1 Å². The van der Waals surface area contributed by atoms with Crippen LogP contribution in [0.5, 0.6) is 0 Å². The van der Waals surface area contributed by atoms with Crippen LogP contribution >= 0.6 is 11.5 Å². The van der Waals surface area contributed by atoms with Crippen molar-refractivity contribution in [3.05, 3.63) is 69.9 Å². The van der Waals surface area contributed by atoms with Crippen molar-refractivity contribution < 1.29 is 17.2 Å². The Labute approximate surface area is 197 Å². The number of aryl methyl sites for hydroxylation is 1. The van der Waals surface area contributed by atoms with E-state index in [1.54, 1.807) is 24.4 Å². The summed E-state index contributed by atoms with van der Waals surface area (Å²) >= 11 is 1.19. The molecule has 0 saturated heterocycles. The molecule has 0 radical (unpaired) electrons. The molecule has 2 heterocycles. The Hall–Kier alpha value is -2.43. The van der Waals surface area contributed by atoms with Crippen LogP contribution in [0.25, 0.3) is 0 Å². The van der Waals surface area contributed by atoms with E-state index in [9.17, 15) is 17.2 Å². The van der Waals surface area contributed by atoms with Crippen LogP contribution in [-0.2, 0) is 28.7 Å². The minimum atomic E-state index is -3.65. The first kappa shape index (κ1) is 25.2. The predicted octanol–water partition coefficient (Wildman–Crippen LogP) is 4.94. The summed E-state index contributed by atoms with van der Waals surface area (Å²) in [6.45, 7) is 7.95. The van der Waals surface area contributed by atoms with Gasteiger partial charge in [-0.25, -0.2) is 22.2 Å². The molecule has 3 rings (SSSR count). The average molecular weight is 495 g/mol. The van der Waals surface area contributed by atoms with Gasteiger partial charge in [-0.05, 0) is 76.6 Å². The molecule has 0 unspecified atom stereocenters. The van der Waals surface area contributed by atoms with Crippen molar-refractivity contribution in [1.82, 2.24) is 14.3 Å². The third-order valence-electron chi connectivity index (χ3n) is 5.52. The number of benzene rings is 1. The molecule has 0 saturated carbocycles. The van der Waals surface area contributed by atoms with E-state index in [1.165, 1.54) is 17.6 Å². The number of hydrogen-bond donors (Lipinski definition) is 1. The van der Waals surface area contributed by atoms with Gasteiger partial charge in [0.05, 0.1) is 22.8 Å². The smallest absolute Gasteiger partial charge is 0.201 e. The third kappa shape index (κ3) is 6.13. The Balaban J connectivity index is 1.81. The lowest BCUT2D eigenvalue weighted by atomic mass is 10.0. The first-order valence-electron chi connectivity index (χ1n) is 10.4. The van der Waals surface area contributed by atoms with Crippen molar-refractivity contribution in [3.8, 4) is 0 Å². The first-order valence-corrected chi connectivity index (χ1v) is 12.9. The summed E-state index contributed by atoms with van der Waals surface area (Å²) in [5.74, 6) is -1.20. The Bertz CT molecular complexity index is 1220. The molecule has 6 nitrogen and oxygen atoms in total. The van der Waals surface area contributed by atoms with Gasteiger partial charge in [-0.2, -0.15) is 4.37 Å². The summed E-state index contributed by atoms with van der Waals surface area (Å²) in [4.78, 5) is 6.18. The summed E-state index contributed by atoms with van der Waals surface area (Å²) in [6, 6.07) is 6.92. The molecule has 2 aromatic heterocycles. The fraction of sp³-hybridized carbons (Fsp3) is 0.391. The van der Waals surface area contributed by atoms with Gasteiger partial charge in [0.1, 0.15) is 11.6 Å². The topological polar surface area (TPSA) is 75.2 Å². The number of aromatic nitrogens is 2. The standard InChI is InChI=1S/C23H28F2N4O2S2/c1-15-21(8-9-22(27-15)33(30,31)14-16-10-11-32-28-16)26-12-17-18(13-29(5)23(2,3)4)20(25)7-6-19(17)24/h6-11,26H,12-14H2,1-5H3. The summed E-state index contributed by atoms with van der Waals surface area (Å²) in [5.41, 5.74) is 1.75. The van der Waals surface area contributed by atoms with Gasteiger partial charge in [-0.3, -0.25) is 4.90 Å². The van der Waals surface area contributed by atoms with Crippen molar-refractivity contribution in [1.29, 1.82) is 0 Å². The van der Waals surface area contributed by atoms with Gasteiger partial charge in [-0.15, -0.1) is 0 Å². The average Bonchev–Trinajstić information content (AvgIpc) is 3.22. The number of hydrogen-bond acceptors (Lipinski definition) is 7. The molecule has 0 amide bonds. The van der Waals surface area contributed by atoms with Crippen LogP contribution in [0.2, 0.25) is 0 Å². The molecule has 10 heteroatoms. The van der Waals surface area contributed by atoms with Crippen molar-refractivity contribution >= 4 is 27.1 Å². The van der Waals surface area contributed by atoms with Gasteiger partial charge < -0.3 is 5.32 Å². The number of nitrogens with zero attached hydrogens (tertiary/aromatic N) is 3. The Morgan fingerprint density at radius 3 is 2.30 bits per heavy atom. The lowest BCUT2D eigenvalue weighted by Gasteiger charge is -2.32. The molecule has 3 aromatic rings. The van der Waals surface area contributed by atoms with Crippen LogP contribution in [0.3, 0.4) is 0 Å². The van der Waals surface area contributed by atoms with E-state index in [2.05, 4.69) is 14.7 Å². The zero-order valence-electron chi connectivity index (χ0n) is 19.3. The number of anilines is 1. The van der Waals surface area contributed by atoms with Crippen LogP contribution in [0.4, 0.5) is 14.5 Å². The van der Waals surface area contributed by atoms with Crippen LogP contribution in [0.1, 0.15) is 43.3 Å². The maximum absolute atomic E-state index is 14.7. The van der Waals surface area contributed by atoms with E-state index in [4.69, 9.17) is 0 Å². The molecule has 0 aliphatic rings. The highest BCUT2D eigenvalue weighted by molar-refractivity contribution is 7.90. The van der Waals surface area contributed by atoms with Gasteiger partial charge in [0, 0.05) is 35.1 Å². The van der Waals surface area contributed by atoms with E-state index < -0.39 is 21.5 Å². The molecular weight excluding hydrogens is 466 g/mol. The Morgan fingerprint density at radius 1 is 1.06 bits per heavy atom.